The van der Waals surface area contributed by atoms with Crippen molar-refractivity contribution in [2.45, 2.75) is 70.5 Å². The van der Waals surface area contributed by atoms with Gasteiger partial charge in [-0.3, -0.25) is 0 Å². The third-order valence-corrected chi connectivity index (χ3v) is 6.75. The molecule has 0 aliphatic heterocycles. The molecule has 1 fully saturated rings. The second kappa shape index (κ2) is 5.58. The summed E-state index contributed by atoms with van der Waals surface area (Å²) in [6.07, 6.45) is 1.17. The zero-order chi connectivity index (χ0) is 17.0. The molecule has 0 spiro atoms. The van der Waals surface area contributed by atoms with Gasteiger partial charge in [-0.2, -0.15) is 0 Å². The molecule has 3 N–H and O–H groups in total. The van der Waals surface area contributed by atoms with Crippen LogP contribution in [0.5, 0.6) is 0 Å². The Morgan fingerprint density at radius 2 is 1.91 bits per heavy atom. The minimum absolute atomic E-state index is 0.0798. The van der Waals surface area contributed by atoms with Gasteiger partial charge in [0.15, 0.2) is 0 Å². The second-order valence-corrected chi connectivity index (χ2v) is 8.45. The number of fused-ring (bicyclic) bond motifs is 3. The summed E-state index contributed by atoms with van der Waals surface area (Å²) in [5.74, 6) is 0.494. The van der Waals surface area contributed by atoms with Crippen molar-refractivity contribution >= 4 is 0 Å². The van der Waals surface area contributed by atoms with Crippen molar-refractivity contribution in [3.8, 4) is 0 Å². The number of hydrogen-bond donors (Lipinski definition) is 3. The van der Waals surface area contributed by atoms with E-state index >= 15 is 0 Å². The molecule has 5 atom stereocenters. The molecule has 128 valence electrons. The van der Waals surface area contributed by atoms with Gasteiger partial charge >= 0.3 is 0 Å². The van der Waals surface area contributed by atoms with E-state index in [4.69, 9.17) is 0 Å². The molecule has 2 aliphatic rings. The maximum Gasteiger partial charge on any atom is 0.0796 e. The van der Waals surface area contributed by atoms with Crippen LogP contribution in [0.15, 0.2) is 18.2 Å². The van der Waals surface area contributed by atoms with Gasteiger partial charge in [0.05, 0.1) is 12.2 Å². The number of aliphatic hydroxyl groups excluding tert-OH is 3. The lowest BCUT2D eigenvalue weighted by atomic mass is 9.48. The van der Waals surface area contributed by atoms with E-state index < -0.39 is 17.6 Å². The number of hydrogen-bond acceptors (Lipinski definition) is 3. The fourth-order valence-electron chi connectivity index (χ4n) is 5.04. The first-order chi connectivity index (χ1) is 10.7. The quantitative estimate of drug-likeness (QED) is 0.784. The molecule has 3 heteroatoms. The molecule has 1 aromatic carbocycles. The molecular formula is C20H30O3. The molecule has 0 radical (unpaired) electrons. The second-order valence-electron chi connectivity index (χ2n) is 8.45. The molecule has 0 bridgehead atoms. The summed E-state index contributed by atoms with van der Waals surface area (Å²) < 4.78 is 0. The van der Waals surface area contributed by atoms with Crippen molar-refractivity contribution in [2.75, 3.05) is 6.61 Å². The van der Waals surface area contributed by atoms with Crippen molar-refractivity contribution in [1.29, 1.82) is 0 Å². The molecule has 0 saturated heterocycles. The van der Waals surface area contributed by atoms with Gasteiger partial charge in [-0.25, -0.2) is 0 Å². The van der Waals surface area contributed by atoms with E-state index in [9.17, 15) is 15.3 Å². The minimum atomic E-state index is -0.516. The van der Waals surface area contributed by atoms with Crippen molar-refractivity contribution in [1.82, 2.24) is 0 Å². The number of rotatable bonds is 2. The number of aliphatic hydroxyl groups is 3. The average molecular weight is 318 g/mol. The predicted molar refractivity (Wildman–Crippen MR) is 91.4 cm³/mol. The molecule has 0 unspecified atom stereocenters. The van der Waals surface area contributed by atoms with Crippen LogP contribution in [0, 0.1) is 11.3 Å². The molecule has 1 saturated carbocycles. The third kappa shape index (κ3) is 2.36. The van der Waals surface area contributed by atoms with Crippen LogP contribution in [0.4, 0.5) is 0 Å². The van der Waals surface area contributed by atoms with Crippen LogP contribution >= 0.6 is 0 Å². The average Bonchev–Trinajstić information content (AvgIpc) is 2.54. The predicted octanol–water partition coefficient (Wildman–Crippen LogP) is 3.27. The topological polar surface area (TPSA) is 60.7 Å². The fourth-order valence-corrected chi connectivity index (χ4v) is 5.04. The monoisotopic (exact) mass is 318 g/mol. The van der Waals surface area contributed by atoms with E-state index in [0.29, 0.717) is 18.8 Å². The molecule has 0 amide bonds. The summed E-state index contributed by atoms with van der Waals surface area (Å²) in [5.41, 5.74) is 2.61. The highest BCUT2D eigenvalue weighted by Crippen LogP contribution is 2.59. The highest BCUT2D eigenvalue weighted by atomic mass is 16.3. The summed E-state index contributed by atoms with van der Waals surface area (Å²) in [7, 11) is 0. The van der Waals surface area contributed by atoms with Crippen LogP contribution in [0.2, 0.25) is 0 Å². The van der Waals surface area contributed by atoms with E-state index in [2.05, 4.69) is 45.9 Å². The Morgan fingerprint density at radius 1 is 1.22 bits per heavy atom. The van der Waals surface area contributed by atoms with Crippen LogP contribution in [0.1, 0.15) is 75.7 Å². The maximum absolute atomic E-state index is 10.8. The Kier molecular flexibility index (Phi) is 4.11. The van der Waals surface area contributed by atoms with Gasteiger partial charge < -0.3 is 15.3 Å². The Labute approximate surface area is 139 Å². The fraction of sp³-hybridized carbons (Fsp3) is 0.700. The van der Waals surface area contributed by atoms with E-state index in [1.807, 2.05) is 0 Å². The molecule has 3 rings (SSSR count). The Balaban J connectivity index is 2.16. The van der Waals surface area contributed by atoms with Gasteiger partial charge in [0.1, 0.15) is 0 Å². The zero-order valence-corrected chi connectivity index (χ0v) is 14.7. The third-order valence-electron chi connectivity index (χ3n) is 6.75. The number of benzene rings is 1. The van der Waals surface area contributed by atoms with Gasteiger partial charge in [-0.15, -0.1) is 0 Å². The van der Waals surface area contributed by atoms with Crippen LogP contribution in [-0.4, -0.2) is 28.0 Å². The Hall–Kier alpha value is -0.900. The van der Waals surface area contributed by atoms with E-state index in [0.717, 1.165) is 17.5 Å². The Bertz CT molecular complexity index is 597. The highest BCUT2D eigenvalue weighted by Gasteiger charge is 2.57. The summed E-state index contributed by atoms with van der Waals surface area (Å²) in [4.78, 5) is 0. The van der Waals surface area contributed by atoms with Crippen molar-refractivity contribution in [2.24, 2.45) is 11.3 Å². The first-order valence-electron chi connectivity index (χ1n) is 8.85. The molecule has 1 aromatic rings. The largest absolute Gasteiger partial charge is 0.396 e. The van der Waals surface area contributed by atoms with Crippen LogP contribution < -0.4 is 0 Å². The van der Waals surface area contributed by atoms with E-state index in [-0.39, 0.29) is 17.9 Å². The van der Waals surface area contributed by atoms with Gasteiger partial charge in [0.2, 0.25) is 0 Å². The van der Waals surface area contributed by atoms with E-state index in [1.165, 1.54) is 5.56 Å². The first kappa shape index (κ1) is 16.9. The summed E-state index contributed by atoms with van der Waals surface area (Å²) in [6, 6.07) is 6.34. The molecule has 0 heterocycles. The standard InChI is InChI=1S/C20H30O3/c1-12(2)13-5-6-15-14(9-13)16(22)10-17-19(3,11-21)8-7-18(23)20(15,17)4/h5-6,9,12,16-18,21-23H,7-8,10-11H2,1-4H3/t16-,17-,18-,19-,20+/m0/s1. The normalized spacial score (nSPS) is 39.9. The van der Waals surface area contributed by atoms with Crippen molar-refractivity contribution in [3.63, 3.8) is 0 Å². The van der Waals surface area contributed by atoms with Gasteiger partial charge in [0, 0.05) is 12.0 Å². The van der Waals surface area contributed by atoms with Crippen molar-refractivity contribution in [3.05, 3.63) is 34.9 Å². The minimum Gasteiger partial charge on any atom is -0.396 e. The molecule has 0 aromatic heterocycles. The lowest BCUT2D eigenvalue weighted by Gasteiger charge is -2.57. The summed E-state index contributed by atoms with van der Waals surface area (Å²) in [6.45, 7) is 8.63. The van der Waals surface area contributed by atoms with Crippen LogP contribution in [0.3, 0.4) is 0 Å². The summed E-state index contributed by atoms with van der Waals surface area (Å²) in [5, 5.41) is 31.6. The smallest absolute Gasteiger partial charge is 0.0796 e. The molecule has 3 nitrogen and oxygen atoms in total. The zero-order valence-electron chi connectivity index (χ0n) is 14.7. The van der Waals surface area contributed by atoms with Gasteiger partial charge in [0.25, 0.3) is 0 Å². The van der Waals surface area contributed by atoms with E-state index in [1.54, 1.807) is 0 Å². The molecule has 2 aliphatic carbocycles. The summed E-state index contributed by atoms with van der Waals surface area (Å²) >= 11 is 0. The highest BCUT2D eigenvalue weighted by molar-refractivity contribution is 5.44. The lowest BCUT2D eigenvalue weighted by Crippen LogP contribution is -2.57. The van der Waals surface area contributed by atoms with Crippen LogP contribution in [-0.2, 0) is 5.41 Å². The Morgan fingerprint density at radius 3 is 2.52 bits per heavy atom. The van der Waals surface area contributed by atoms with Gasteiger partial charge in [-0.05, 0) is 53.2 Å². The van der Waals surface area contributed by atoms with Crippen molar-refractivity contribution < 1.29 is 15.3 Å². The molecule has 23 heavy (non-hydrogen) atoms. The van der Waals surface area contributed by atoms with Crippen LogP contribution in [0.25, 0.3) is 0 Å². The SMILES string of the molecule is CC(C)c1ccc2c(c1)[C@@H](O)C[C@H]1[C@](C)(CO)CC[C@H](O)[C@]21C. The lowest BCUT2D eigenvalue weighted by molar-refractivity contribution is -0.103. The van der Waals surface area contributed by atoms with Gasteiger partial charge in [-0.1, -0.05) is 45.9 Å². The maximum atomic E-state index is 10.8. The molecular weight excluding hydrogens is 288 g/mol. The first-order valence-corrected chi connectivity index (χ1v) is 8.85.